The predicted octanol–water partition coefficient (Wildman–Crippen LogP) is 2.60. The van der Waals surface area contributed by atoms with Crippen LogP contribution in [0.1, 0.15) is 52.4 Å². The van der Waals surface area contributed by atoms with Crippen molar-refractivity contribution < 1.29 is 4.79 Å². The van der Waals surface area contributed by atoms with Crippen molar-refractivity contribution in [3.8, 4) is 6.07 Å². The first kappa shape index (κ1) is 20.7. The van der Waals surface area contributed by atoms with Gasteiger partial charge < -0.3 is 15.1 Å². The van der Waals surface area contributed by atoms with Crippen molar-refractivity contribution in [1.82, 2.24) is 20.2 Å². The molecule has 1 aliphatic heterocycles. The maximum Gasteiger partial charge on any atom is 0.291 e. The highest BCUT2D eigenvalue weighted by molar-refractivity contribution is 5.90. The fraction of sp³-hybridized carbons (Fsp3) is 0.455. The average molecular weight is 393 g/mol. The van der Waals surface area contributed by atoms with Crippen molar-refractivity contribution >= 4 is 11.7 Å². The summed E-state index contributed by atoms with van der Waals surface area (Å²) in [5.74, 6) is 0.908. The second kappa shape index (κ2) is 8.58. The van der Waals surface area contributed by atoms with Crippen LogP contribution >= 0.6 is 0 Å². The monoisotopic (exact) mass is 392 g/mol. The molecule has 1 fully saturated rings. The Morgan fingerprint density at radius 3 is 2.59 bits per heavy atom. The first-order chi connectivity index (χ1) is 13.8. The second-order valence-electron chi connectivity index (χ2n) is 7.83. The van der Waals surface area contributed by atoms with E-state index in [1.165, 1.54) is 4.90 Å². The molecule has 2 aromatic rings. The molecule has 0 aliphatic carbocycles. The summed E-state index contributed by atoms with van der Waals surface area (Å²) in [6.45, 7) is 7.77. The van der Waals surface area contributed by atoms with Crippen LogP contribution in [0.2, 0.25) is 0 Å². The maximum atomic E-state index is 12.3. The van der Waals surface area contributed by atoms with E-state index in [1.807, 2.05) is 38.1 Å². The van der Waals surface area contributed by atoms with E-state index in [-0.39, 0.29) is 17.8 Å². The van der Waals surface area contributed by atoms with Gasteiger partial charge in [-0.15, -0.1) is 0 Å². The molecule has 7 nitrogen and oxygen atoms in total. The Kier molecular flexibility index (Phi) is 6.14. The average Bonchev–Trinajstić information content (AvgIpc) is 3.17. The lowest BCUT2D eigenvalue weighted by Gasteiger charge is -2.23. The zero-order valence-electron chi connectivity index (χ0n) is 17.7. The molecular weight excluding hydrogens is 364 g/mol. The summed E-state index contributed by atoms with van der Waals surface area (Å²) >= 11 is 0. The second-order valence-corrected chi connectivity index (χ2v) is 7.83. The van der Waals surface area contributed by atoms with Gasteiger partial charge in [-0.1, -0.05) is 12.1 Å². The van der Waals surface area contributed by atoms with E-state index >= 15 is 0 Å². The van der Waals surface area contributed by atoms with Crippen LogP contribution in [0, 0.1) is 25.2 Å². The zero-order valence-corrected chi connectivity index (χ0v) is 17.7. The van der Waals surface area contributed by atoms with Gasteiger partial charge in [0.05, 0.1) is 11.6 Å². The first-order valence-electron chi connectivity index (χ1n) is 9.88. The molecule has 29 heavy (non-hydrogen) atoms. The number of nitriles is 1. The Morgan fingerprint density at radius 1 is 1.28 bits per heavy atom. The third-order valence-corrected chi connectivity index (χ3v) is 5.47. The van der Waals surface area contributed by atoms with Crippen molar-refractivity contribution in [2.45, 2.75) is 39.3 Å². The van der Waals surface area contributed by atoms with Gasteiger partial charge in [0.1, 0.15) is 5.82 Å². The molecule has 0 saturated carbocycles. The van der Waals surface area contributed by atoms with Crippen molar-refractivity contribution in [1.29, 1.82) is 5.26 Å². The molecule has 0 spiro atoms. The Bertz CT molecular complexity index is 932. The number of rotatable bonds is 5. The van der Waals surface area contributed by atoms with E-state index in [4.69, 9.17) is 5.26 Å². The molecular formula is C22H28N6O. The highest BCUT2D eigenvalue weighted by Crippen LogP contribution is 2.25. The largest absolute Gasteiger partial charge is 0.355 e. The number of nitrogens with one attached hydrogen (secondary N) is 1. The SMILES string of the molecule is Cc1nc(C(=O)N(C)C)nc(N2CC[C@@H](NC(C)c3ccc(C#N)cc3)C2)c1C. The first-order valence-corrected chi connectivity index (χ1v) is 9.88. The Hall–Kier alpha value is -2.98. The maximum absolute atomic E-state index is 12.3. The Morgan fingerprint density at radius 2 is 1.97 bits per heavy atom. The fourth-order valence-corrected chi connectivity index (χ4v) is 3.60. The number of benzene rings is 1. The van der Waals surface area contributed by atoms with E-state index < -0.39 is 0 Å². The number of aromatic nitrogens is 2. The summed E-state index contributed by atoms with van der Waals surface area (Å²) in [6.07, 6.45) is 1.00. The summed E-state index contributed by atoms with van der Waals surface area (Å²) in [5, 5.41) is 12.6. The Labute approximate surface area is 172 Å². The number of carbonyl (C=O) groups is 1. The highest BCUT2D eigenvalue weighted by atomic mass is 16.2. The molecule has 1 amide bonds. The van der Waals surface area contributed by atoms with Crippen molar-refractivity contribution in [2.75, 3.05) is 32.1 Å². The van der Waals surface area contributed by atoms with E-state index in [0.29, 0.717) is 11.6 Å². The number of hydrogen-bond acceptors (Lipinski definition) is 6. The van der Waals surface area contributed by atoms with E-state index in [0.717, 1.165) is 42.1 Å². The number of amides is 1. The van der Waals surface area contributed by atoms with Crippen molar-refractivity contribution in [2.24, 2.45) is 0 Å². The van der Waals surface area contributed by atoms with Crippen LogP contribution in [-0.2, 0) is 0 Å². The van der Waals surface area contributed by atoms with Crippen LogP contribution < -0.4 is 10.2 Å². The van der Waals surface area contributed by atoms with Crippen LogP contribution in [0.15, 0.2) is 24.3 Å². The Balaban J connectivity index is 1.71. The smallest absolute Gasteiger partial charge is 0.291 e. The molecule has 1 aromatic heterocycles. The van der Waals surface area contributed by atoms with Crippen LogP contribution in [0.25, 0.3) is 0 Å². The topological polar surface area (TPSA) is 85.2 Å². The molecule has 3 rings (SSSR count). The van der Waals surface area contributed by atoms with Crippen LogP contribution in [-0.4, -0.2) is 54.0 Å². The molecule has 1 aliphatic rings. The molecule has 1 unspecified atom stereocenters. The normalized spacial score (nSPS) is 17.1. The summed E-state index contributed by atoms with van der Waals surface area (Å²) in [4.78, 5) is 25.0. The van der Waals surface area contributed by atoms with Crippen LogP contribution in [0.3, 0.4) is 0 Å². The van der Waals surface area contributed by atoms with Gasteiger partial charge in [0.25, 0.3) is 5.91 Å². The van der Waals surface area contributed by atoms with Gasteiger partial charge in [0, 0.05) is 50.5 Å². The van der Waals surface area contributed by atoms with Gasteiger partial charge >= 0.3 is 0 Å². The zero-order chi connectivity index (χ0) is 21.1. The molecule has 1 saturated heterocycles. The molecule has 1 aromatic carbocycles. The van der Waals surface area contributed by atoms with Gasteiger partial charge in [-0.25, -0.2) is 9.97 Å². The quantitative estimate of drug-likeness (QED) is 0.842. The fourth-order valence-electron chi connectivity index (χ4n) is 3.60. The van der Waals surface area contributed by atoms with Crippen LogP contribution in [0.4, 0.5) is 5.82 Å². The lowest BCUT2D eigenvalue weighted by molar-refractivity contribution is 0.0815. The lowest BCUT2D eigenvalue weighted by Crippen LogP contribution is -2.35. The van der Waals surface area contributed by atoms with E-state index in [9.17, 15) is 4.79 Å². The minimum atomic E-state index is -0.183. The minimum absolute atomic E-state index is 0.183. The number of nitrogens with zero attached hydrogens (tertiary/aromatic N) is 5. The van der Waals surface area contributed by atoms with Crippen LogP contribution in [0.5, 0.6) is 0 Å². The standard InChI is InChI=1S/C22H28N6O/c1-14-15(2)25-20(22(29)27(4)5)26-21(14)28-11-10-19(13-28)24-16(3)18-8-6-17(12-23)7-9-18/h6-9,16,19,24H,10-11,13H2,1-5H3/t16?,19-/m1/s1. The number of anilines is 1. The molecule has 2 atom stereocenters. The third kappa shape index (κ3) is 4.54. The van der Waals surface area contributed by atoms with Gasteiger partial charge in [0.15, 0.2) is 0 Å². The van der Waals surface area contributed by atoms with E-state index in [1.54, 1.807) is 14.1 Å². The molecule has 1 N–H and O–H groups in total. The summed E-state index contributed by atoms with van der Waals surface area (Å²) < 4.78 is 0. The summed E-state index contributed by atoms with van der Waals surface area (Å²) in [6, 6.07) is 10.4. The van der Waals surface area contributed by atoms with Gasteiger partial charge in [0.2, 0.25) is 5.82 Å². The van der Waals surface area contributed by atoms with Gasteiger partial charge in [-0.2, -0.15) is 5.26 Å². The van der Waals surface area contributed by atoms with Crippen molar-refractivity contribution in [3.05, 3.63) is 52.5 Å². The molecule has 0 bridgehead atoms. The predicted molar refractivity (Wildman–Crippen MR) is 113 cm³/mol. The highest BCUT2D eigenvalue weighted by Gasteiger charge is 2.27. The summed E-state index contributed by atoms with van der Waals surface area (Å²) in [7, 11) is 3.42. The van der Waals surface area contributed by atoms with E-state index in [2.05, 4.69) is 33.2 Å². The molecule has 152 valence electrons. The summed E-state index contributed by atoms with van der Waals surface area (Å²) in [5.41, 5.74) is 3.68. The van der Waals surface area contributed by atoms with Crippen molar-refractivity contribution in [3.63, 3.8) is 0 Å². The number of carbonyl (C=O) groups excluding carboxylic acids is 1. The minimum Gasteiger partial charge on any atom is -0.355 e. The lowest BCUT2D eigenvalue weighted by atomic mass is 10.1. The number of aryl methyl sites for hydroxylation is 1. The van der Waals surface area contributed by atoms with Gasteiger partial charge in [-0.3, -0.25) is 4.79 Å². The van der Waals surface area contributed by atoms with Gasteiger partial charge in [-0.05, 0) is 44.9 Å². The molecule has 2 heterocycles. The molecule has 7 heteroatoms. The third-order valence-electron chi connectivity index (χ3n) is 5.47. The number of hydrogen-bond donors (Lipinski definition) is 1. The molecule has 0 radical (unpaired) electrons.